The van der Waals surface area contributed by atoms with Crippen LogP contribution in [-0.4, -0.2) is 16.3 Å². The van der Waals surface area contributed by atoms with E-state index in [2.05, 4.69) is 58.7 Å². The van der Waals surface area contributed by atoms with Crippen LogP contribution in [-0.2, 0) is 0 Å². The van der Waals surface area contributed by atoms with E-state index in [-0.39, 0.29) is 0 Å². The molecule has 2 rings (SSSR count). The number of halogens is 1. The van der Waals surface area contributed by atoms with Crippen LogP contribution >= 0.6 is 15.9 Å². The van der Waals surface area contributed by atoms with Crippen molar-refractivity contribution >= 4 is 15.9 Å². The summed E-state index contributed by atoms with van der Waals surface area (Å²) in [5, 5.41) is 8.40. The zero-order chi connectivity index (χ0) is 15.4. The number of nitrogens with one attached hydrogen (secondary N) is 1. The summed E-state index contributed by atoms with van der Waals surface area (Å²) in [4.78, 5) is 0. The van der Waals surface area contributed by atoms with Crippen LogP contribution in [0.2, 0.25) is 0 Å². The number of rotatable bonds is 6. The molecule has 0 amide bonds. The lowest BCUT2D eigenvalue weighted by atomic mass is 9.77. The summed E-state index contributed by atoms with van der Waals surface area (Å²) in [6.45, 7) is 10.1. The third-order valence-electron chi connectivity index (χ3n) is 4.63. The van der Waals surface area contributed by atoms with E-state index in [4.69, 9.17) is 0 Å². The van der Waals surface area contributed by atoms with Crippen LogP contribution in [0.4, 0.5) is 0 Å². The molecule has 1 aromatic rings. The van der Waals surface area contributed by atoms with Gasteiger partial charge >= 0.3 is 0 Å². The van der Waals surface area contributed by atoms with E-state index in [1.54, 1.807) is 0 Å². The summed E-state index contributed by atoms with van der Waals surface area (Å²) < 4.78 is 3.35. The van der Waals surface area contributed by atoms with E-state index in [1.165, 1.54) is 37.8 Å². The van der Waals surface area contributed by atoms with Crippen LogP contribution in [0.5, 0.6) is 0 Å². The predicted octanol–water partition coefficient (Wildman–Crippen LogP) is 5.09. The molecule has 0 aliphatic heterocycles. The molecule has 1 N–H and O–H groups in total. The summed E-state index contributed by atoms with van der Waals surface area (Å²) in [6.07, 6.45) is 8.55. The van der Waals surface area contributed by atoms with Gasteiger partial charge in [-0.3, -0.25) is 4.68 Å². The van der Waals surface area contributed by atoms with E-state index < -0.39 is 0 Å². The van der Waals surface area contributed by atoms with Crippen molar-refractivity contribution in [3.05, 3.63) is 16.4 Å². The van der Waals surface area contributed by atoms with Gasteiger partial charge in [-0.1, -0.05) is 26.7 Å². The largest absolute Gasteiger partial charge is 0.308 e. The van der Waals surface area contributed by atoms with Crippen molar-refractivity contribution in [3.8, 4) is 0 Å². The standard InChI is InChI=1S/C17H30BrN3/c1-5-9-19-16(14-8-6-7-13(4)10-14)17-15(18)11-20-21(17)12(2)3/h11-14,16,19H,5-10H2,1-4H3. The van der Waals surface area contributed by atoms with Crippen molar-refractivity contribution in [2.24, 2.45) is 11.8 Å². The van der Waals surface area contributed by atoms with Gasteiger partial charge in [0.2, 0.25) is 0 Å². The first kappa shape index (κ1) is 17.0. The summed E-state index contributed by atoms with van der Waals surface area (Å²) in [5.41, 5.74) is 1.34. The van der Waals surface area contributed by atoms with Crippen molar-refractivity contribution in [3.63, 3.8) is 0 Å². The third-order valence-corrected chi connectivity index (χ3v) is 5.24. The molecular formula is C17H30BrN3. The molecule has 1 aliphatic carbocycles. The van der Waals surface area contributed by atoms with E-state index in [1.807, 2.05) is 6.20 Å². The Bertz CT molecular complexity index is 441. The normalized spacial score (nSPS) is 24.5. The Labute approximate surface area is 138 Å². The Morgan fingerprint density at radius 2 is 2.19 bits per heavy atom. The monoisotopic (exact) mass is 355 g/mol. The number of nitrogens with zero attached hydrogens (tertiary/aromatic N) is 2. The molecule has 1 saturated carbocycles. The molecule has 3 unspecified atom stereocenters. The van der Waals surface area contributed by atoms with E-state index in [9.17, 15) is 0 Å². The Morgan fingerprint density at radius 3 is 2.81 bits per heavy atom. The maximum atomic E-state index is 4.59. The van der Waals surface area contributed by atoms with Crippen molar-refractivity contribution in [1.29, 1.82) is 0 Å². The maximum Gasteiger partial charge on any atom is 0.0701 e. The lowest BCUT2D eigenvalue weighted by molar-refractivity contribution is 0.214. The molecule has 21 heavy (non-hydrogen) atoms. The minimum atomic E-state index is 0.401. The molecule has 0 aromatic carbocycles. The second kappa shape index (κ2) is 7.77. The molecule has 4 heteroatoms. The van der Waals surface area contributed by atoms with E-state index in [0.717, 1.165) is 22.9 Å². The minimum Gasteiger partial charge on any atom is -0.308 e. The highest BCUT2D eigenvalue weighted by molar-refractivity contribution is 9.10. The Morgan fingerprint density at radius 1 is 1.43 bits per heavy atom. The molecule has 1 aromatic heterocycles. The summed E-state index contributed by atoms with van der Waals surface area (Å²) >= 11 is 3.74. The van der Waals surface area contributed by atoms with Gasteiger partial charge in [0.15, 0.2) is 0 Å². The fourth-order valence-corrected chi connectivity index (χ4v) is 4.14. The fourth-order valence-electron chi connectivity index (χ4n) is 3.62. The SMILES string of the molecule is CCCNC(c1c(Br)cnn1C(C)C)C1CCCC(C)C1. The van der Waals surface area contributed by atoms with Gasteiger partial charge in [-0.05, 0) is 67.4 Å². The first-order chi connectivity index (χ1) is 10.0. The van der Waals surface area contributed by atoms with Crippen LogP contribution < -0.4 is 5.32 Å². The summed E-state index contributed by atoms with van der Waals surface area (Å²) in [6, 6.07) is 0.824. The number of hydrogen-bond acceptors (Lipinski definition) is 2. The first-order valence-corrected chi connectivity index (χ1v) is 9.30. The fraction of sp³-hybridized carbons (Fsp3) is 0.824. The lowest BCUT2D eigenvalue weighted by Gasteiger charge is -2.35. The second-order valence-electron chi connectivity index (χ2n) is 6.88. The van der Waals surface area contributed by atoms with Gasteiger partial charge in [-0.2, -0.15) is 5.10 Å². The molecule has 0 spiro atoms. The van der Waals surface area contributed by atoms with Gasteiger partial charge in [-0.15, -0.1) is 0 Å². The molecule has 1 heterocycles. The van der Waals surface area contributed by atoms with Crippen molar-refractivity contribution < 1.29 is 0 Å². The Balaban J connectivity index is 2.28. The van der Waals surface area contributed by atoms with Gasteiger partial charge < -0.3 is 5.32 Å². The topological polar surface area (TPSA) is 29.9 Å². The van der Waals surface area contributed by atoms with Gasteiger partial charge in [0.1, 0.15) is 0 Å². The van der Waals surface area contributed by atoms with Gasteiger partial charge in [-0.25, -0.2) is 0 Å². The van der Waals surface area contributed by atoms with E-state index >= 15 is 0 Å². The maximum absolute atomic E-state index is 4.59. The molecule has 3 atom stereocenters. The van der Waals surface area contributed by atoms with Crippen LogP contribution in [0, 0.1) is 11.8 Å². The van der Waals surface area contributed by atoms with Crippen LogP contribution in [0.25, 0.3) is 0 Å². The van der Waals surface area contributed by atoms with Crippen LogP contribution in [0.3, 0.4) is 0 Å². The lowest BCUT2D eigenvalue weighted by Crippen LogP contribution is -2.34. The Kier molecular flexibility index (Phi) is 6.30. The molecule has 0 bridgehead atoms. The molecule has 1 fully saturated rings. The summed E-state index contributed by atoms with van der Waals surface area (Å²) in [5.74, 6) is 1.58. The van der Waals surface area contributed by atoms with Gasteiger partial charge in [0.05, 0.1) is 22.4 Å². The van der Waals surface area contributed by atoms with Crippen LogP contribution in [0.1, 0.15) is 77.6 Å². The van der Waals surface area contributed by atoms with E-state index in [0.29, 0.717) is 12.1 Å². The molecule has 120 valence electrons. The quantitative estimate of drug-likeness (QED) is 0.769. The molecular weight excluding hydrogens is 326 g/mol. The van der Waals surface area contributed by atoms with Gasteiger partial charge in [0.25, 0.3) is 0 Å². The average Bonchev–Trinajstić information content (AvgIpc) is 2.82. The molecule has 0 saturated heterocycles. The third kappa shape index (κ3) is 4.10. The minimum absolute atomic E-state index is 0.401. The molecule has 1 aliphatic rings. The van der Waals surface area contributed by atoms with Crippen molar-refractivity contribution in [2.75, 3.05) is 6.54 Å². The zero-order valence-electron chi connectivity index (χ0n) is 13.9. The smallest absolute Gasteiger partial charge is 0.0701 e. The predicted molar refractivity (Wildman–Crippen MR) is 92.5 cm³/mol. The highest BCUT2D eigenvalue weighted by Gasteiger charge is 2.31. The number of hydrogen-bond donors (Lipinski definition) is 1. The highest BCUT2D eigenvalue weighted by Crippen LogP contribution is 2.39. The van der Waals surface area contributed by atoms with Gasteiger partial charge in [0, 0.05) is 6.04 Å². The molecule has 3 nitrogen and oxygen atoms in total. The van der Waals surface area contributed by atoms with Crippen molar-refractivity contribution in [2.45, 2.75) is 71.9 Å². The van der Waals surface area contributed by atoms with Crippen molar-refractivity contribution in [1.82, 2.24) is 15.1 Å². The number of aromatic nitrogens is 2. The van der Waals surface area contributed by atoms with Crippen LogP contribution in [0.15, 0.2) is 10.7 Å². The molecule has 0 radical (unpaired) electrons. The first-order valence-electron chi connectivity index (χ1n) is 8.50. The zero-order valence-corrected chi connectivity index (χ0v) is 15.5. The second-order valence-corrected chi connectivity index (χ2v) is 7.73. The average molecular weight is 356 g/mol. The highest BCUT2D eigenvalue weighted by atomic mass is 79.9. The Hall–Kier alpha value is -0.350. The summed E-state index contributed by atoms with van der Waals surface area (Å²) in [7, 11) is 0.